The average molecular weight is 494 g/mol. The molecule has 1 saturated heterocycles. The molecule has 3 aliphatic rings. The Bertz CT molecular complexity index is 1290. The van der Waals surface area contributed by atoms with Crippen molar-refractivity contribution in [3.05, 3.63) is 52.9 Å². The maximum Gasteiger partial charge on any atom is 0.255 e. The molecule has 0 radical (unpaired) electrons. The van der Waals surface area contributed by atoms with Gasteiger partial charge in [0.25, 0.3) is 5.91 Å². The molecule has 6 rings (SSSR count). The van der Waals surface area contributed by atoms with Crippen molar-refractivity contribution < 1.29 is 14.3 Å². The number of hydrogen-bond acceptors (Lipinski definition) is 6. The molecule has 3 aromatic rings. The Kier molecular flexibility index (Phi) is 5.57. The third-order valence-electron chi connectivity index (χ3n) is 7.32. The van der Waals surface area contributed by atoms with Gasteiger partial charge in [0, 0.05) is 35.5 Å². The van der Waals surface area contributed by atoms with Gasteiger partial charge in [-0.25, -0.2) is 0 Å². The summed E-state index contributed by atoms with van der Waals surface area (Å²) < 4.78 is 11.9. The SMILES string of the molecule is COc1c(Cl)cccc1Nc1c(-c2ccncc2OC[C@H]2CCCN2C)[nH]c2c1C(=O)NC1C[C@H]21. The Morgan fingerprint density at radius 2 is 2.20 bits per heavy atom. The van der Waals surface area contributed by atoms with Gasteiger partial charge in [-0.2, -0.15) is 0 Å². The van der Waals surface area contributed by atoms with E-state index in [0.29, 0.717) is 46.1 Å². The number of methoxy groups -OCH3 is 1. The van der Waals surface area contributed by atoms with Crippen molar-refractivity contribution in [2.45, 2.75) is 37.3 Å². The predicted octanol–water partition coefficient (Wildman–Crippen LogP) is 4.55. The zero-order valence-electron chi connectivity index (χ0n) is 19.7. The van der Waals surface area contributed by atoms with E-state index >= 15 is 0 Å². The summed E-state index contributed by atoms with van der Waals surface area (Å²) in [5, 5.41) is 7.06. The maximum atomic E-state index is 13.1. The molecule has 2 aromatic heterocycles. The second-order valence-corrected chi connectivity index (χ2v) is 9.90. The molecular formula is C26H28ClN5O3. The first-order valence-corrected chi connectivity index (χ1v) is 12.4. The first kappa shape index (κ1) is 22.2. The van der Waals surface area contributed by atoms with Crippen LogP contribution in [0.15, 0.2) is 36.7 Å². The fourth-order valence-corrected chi connectivity index (χ4v) is 5.55. The molecule has 1 amide bonds. The van der Waals surface area contributed by atoms with Crippen LogP contribution in [0.3, 0.4) is 0 Å². The van der Waals surface area contributed by atoms with Crippen LogP contribution in [0.1, 0.15) is 41.2 Å². The summed E-state index contributed by atoms with van der Waals surface area (Å²) in [4.78, 5) is 23.4. The number of carbonyl (C=O) groups excluding carboxylic acids is 1. The number of para-hydroxylation sites is 1. The van der Waals surface area contributed by atoms with Crippen LogP contribution >= 0.6 is 11.6 Å². The Morgan fingerprint density at radius 3 is 3.00 bits per heavy atom. The number of rotatable bonds is 7. The number of hydrogen-bond donors (Lipinski definition) is 3. The summed E-state index contributed by atoms with van der Waals surface area (Å²) in [5.41, 5.74) is 4.57. The Morgan fingerprint density at radius 1 is 1.31 bits per heavy atom. The highest BCUT2D eigenvalue weighted by molar-refractivity contribution is 6.32. The largest absolute Gasteiger partial charge is 0.493 e. The van der Waals surface area contributed by atoms with Crippen LogP contribution in [0.4, 0.5) is 11.4 Å². The highest BCUT2D eigenvalue weighted by Gasteiger charge is 2.48. The lowest BCUT2D eigenvalue weighted by atomic mass is 10.0. The molecular weight excluding hydrogens is 466 g/mol. The zero-order chi connectivity index (χ0) is 24.1. The smallest absolute Gasteiger partial charge is 0.255 e. The molecule has 2 aliphatic heterocycles. The van der Waals surface area contributed by atoms with E-state index in [4.69, 9.17) is 21.1 Å². The van der Waals surface area contributed by atoms with Gasteiger partial charge in [-0.05, 0) is 51.1 Å². The minimum atomic E-state index is -0.0890. The Labute approximate surface area is 209 Å². The first-order chi connectivity index (χ1) is 17.0. The zero-order valence-corrected chi connectivity index (χ0v) is 20.5. The molecule has 3 N–H and O–H groups in total. The average Bonchev–Trinajstić information content (AvgIpc) is 3.35. The standard InChI is InChI=1S/C26H28ClN5O3/c1-32-10-4-5-14(32)13-35-20-12-28-9-8-15(20)23-24(29-18-7-3-6-17(27)25(18)34-2)21-22(31-23)16-11-19(16)30-26(21)33/h3,6-9,12,14,16,19,29,31H,4-5,10-11,13H2,1-2H3,(H,30,33)/t14-,16+,19?/m1/s1. The van der Waals surface area contributed by atoms with Crippen molar-refractivity contribution in [2.24, 2.45) is 0 Å². The quantitative estimate of drug-likeness (QED) is 0.447. The lowest BCUT2D eigenvalue weighted by Gasteiger charge is -2.21. The van der Waals surface area contributed by atoms with E-state index in [1.54, 1.807) is 25.6 Å². The van der Waals surface area contributed by atoms with E-state index in [2.05, 4.69) is 32.5 Å². The highest BCUT2D eigenvalue weighted by atomic mass is 35.5. The number of likely N-dealkylation sites (tertiary alicyclic amines) is 1. The van der Waals surface area contributed by atoms with E-state index in [1.807, 2.05) is 18.2 Å². The van der Waals surface area contributed by atoms with E-state index < -0.39 is 0 Å². The summed E-state index contributed by atoms with van der Waals surface area (Å²) in [5.74, 6) is 1.40. The number of amides is 1. The number of likely N-dealkylation sites (N-methyl/N-ethyl adjacent to an activating group) is 1. The molecule has 9 heteroatoms. The first-order valence-electron chi connectivity index (χ1n) is 12.0. The van der Waals surface area contributed by atoms with Gasteiger partial charge in [-0.1, -0.05) is 17.7 Å². The topological polar surface area (TPSA) is 91.5 Å². The number of ether oxygens (including phenoxy) is 2. The number of nitrogens with zero attached hydrogens (tertiary/aromatic N) is 2. The van der Waals surface area contributed by atoms with Gasteiger partial charge in [0.15, 0.2) is 5.75 Å². The van der Waals surface area contributed by atoms with E-state index in [1.165, 1.54) is 6.42 Å². The van der Waals surface area contributed by atoms with Crippen LogP contribution in [-0.2, 0) is 0 Å². The van der Waals surface area contributed by atoms with Gasteiger partial charge in [-0.3, -0.25) is 9.78 Å². The number of aromatic nitrogens is 2. The van der Waals surface area contributed by atoms with Crippen molar-refractivity contribution in [1.29, 1.82) is 0 Å². The van der Waals surface area contributed by atoms with E-state index in [0.717, 1.165) is 36.3 Å². The number of fused-ring (bicyclic) bond motifs is 3. The second kappa shape index (κ2) is 8.77. The van der Waals surface area contributed by atoms with Gasteiger partial charge in [0.05, 0.1) is 41.0 Å². The summed E-state index contributed by atoms with van der Waals surface area (Å²) >= 11 is 6.38. The van der Waals surface area contributed by atoms with Crippen molar-refractivity contribution in [2.75, 3.05) is 32.6 Å². The summed E-state index contributed by atoms with van der Waals surface area (Å²) in [7, 11) is 3.71. The molecule has 0 bridgehead atoms. The number of benzene rings is 1. The summed E-state index contributed by atoms with van der Waals surface area (Å²) in [6, 6.07) is 8.01. The number of anilines is 2. The monoisotopic (exact) mass is 493 g/mol. The maximum absolute atomic E-state index is 13.1. The van der Waals surface area contributed by atoms with Gasteiger partial charge in [-0.15, -0.1) is 0 Å². The molecule has 1 aliphatic carbocycles. The Hall–Kier alpha value is -3.23. The molecule has 3 atom stereocenters. The molecule has 0 spiro atoms. The molecule has 1 saturated carbocycles. The Balaban J connectivity index is 1.43. The third-order valence-corrected chi connectivity index (χ3v) is 7.62. The van der Waals surface area contributed by atoms with Crippen LogP contribution in [0.2, 0.25) is 5.02 Å². The lowest BCUT2D eigenvalue weighted by molar-refractivity contribution is 0.0944. The van der Waals surface area contributed by atoms with Crippen LogP contribution in [0.25, 0.3) is 11.3 Å². The number of carbonyl (C=O) groups is 1. The van der Waals surface area contributed by atoms with Gasteiger partial charge in [0.1, 0.15) is 12.4 Å². The second-order valence-electron chi connectivity index (χ2n) is 9.49. The number of aromatic amines is 1. The molecule has 1 aromatic carbocycles. The van der Waals surface area contributed by atoms with E-state index in [-0.39, 0.29) is 17.9 Å². The fraction of sp³-hybridized carbons (Fsp3) is 0.385. The summed E-state index contributed by atoms with van der Waals surface area (Å²) in [6.07, 6.45) is 6.72. The van der Waals surface area contributed by atoms with Crippen LogP contribution < -0.4 is 20.1 Å². The van der Waals surface area contributed by atoms with Gasteiger partial charge < -0.3 is 30.0 Å². The minimum absolute atomic E-state index is 0.0890. The third kappa shape index (κ3) is 3.90. The van der Waals surface area contributed by atoms with Crippen molar-refractivity contribution in [1.82, 2.24) is 20.2 Å². The molecule has 8 nitrogen and oxygen atoms in total. The fourth-order valence-electron chi connectivity index (χ4n) is 5.30. The molecule has 2 fully saturated rings. The number of halogens is 1. The van der Waals surface area contributed by atoms with Crippen LogP contribution in [0, 0.1) is 0 Å². The minimum Gasteiger partial charge on any atom is -0.493 e. The van der Waals surface area contributed by atoms with Crippen LogP contribution in [0.5, 0.6) is 11.5 Å². The van der Waals surface area contributed by atoms with Gasteiger partial charge in [0.2, 0.25) is 0 Å². The molecule has 182 valence electrons. The highest BCUT2D eigenvalue weighted by Crippen LogP contribution is 2.51. The van der Waals surface area contributed by atoms with Crippen molar-refractivity contribution in [3.8, 4) is 22.8 Å². The summed E-state index contributed by atoms with van der Waals surface area (Å²) in [6.45, 7) is 1.68. The molecule has 4 heterocycles. The number of pyridine rings is 1. The number of H-pyrrole nitrogens is 1. The van der Waals surface area contributed by atoms with Crippen molar-refractivity contribution in [3.63, 3.8) is 0 Å². The molecule has 1 unspecified atom stereocenters. The number of nitrogens with one attached hydrogen (secondary N) is 3. The van der Waals surface area contributed by atoms with Crippen LogP contribution in [-0.4, -0.2) is 60.2 Å². The van der Waals surface area contributed by atoms with E-state index in [9.17, 15) is 4.79 Å². The lowest BCUT2D eigenvalue weighted by Crippen LogP contribution is -2.31. The normalized spacial score (nSPS) is 22.8. The predicted molar refractivity (Wildman–Crippen MR) is 135 cm³/mol. The van der Waals surface area contributed by atoms with Crippen molar-refractivity contribution >= 4 is 28.9 Å². The molecule has 35 heavy (non-hydrogen) atoms. The van der Waals surface area contributed by atoms with Gasteiger partial charge >= 0.3 is 0 Å².